The first-order chi connectivity index (χ1) is 20.2. The summed E-state index contributed by atoms with van der Waals surface area (Å²) < 4.78 is 28.9. The second-order valence-corrected chi connectivity index (χ2v) is 12.2. The van der Waals surface area contributed by atoms with Crippen LogP contribution in [0.5, 0.6) is 0 Å². The highest BCUT2D eigenvalue weighted by atomic mass is 32.2. The summed E-state index contributed by atoms with van der Waals surface area (Å²) >= 11 is 0. The van der Waals surface area contributed by atoms with Crippen LogP contribution in [0.25, 0.3) is 0 Å². The molecule has 0 unspecified atom stereocenters. The highest BCUT2D eigenvalue weighted by Crippen LogP contribution is 2.26. The Hall–Kier alpha value is -4.30. The van der Waals surface area contributed by atoms with Crippen molar-refractivity contribution in [2.45, 2.75) is 55.6 Å². The van der Waals surface area contributed by atoms with Crippen LogP contribution in [0.1, 0.15) is 40.9 Å². The van der Waals surface area contributed by atoms with E-state index in [1.54, 1.807) is 29.1 Å². The number of amides is 2. The minimum atomic E-state index is -3.94. The Bertz CT molecular complexity index is 1560. The number of rotatable bonds is 11. The molecule has 14 heteroatoms. The van der Waals surface area contributed by atoms with Gasteiger partial charge in [-0.25, -0.2) is 18.2 Å². The lowest BCUT2D eigenvalue weighted by Gasteiger charge is -2.25. The maximum absolute atomic E-state index is 13.1. The van der Waals surface area contributed by atoms with Crippen molar-refractivity contribution in [2.24, 2.45) is 0 Å². The Labute approximate surface area is 243 Å². The number of anilines is 1. The number of carbonyl (C=O) groups is 3. The van der Waals surface area contributed by atoms with Crippen LogP contribution in [0.3, 0.4) is 0 Å². The van der Waals surface area contributed by atoms with Crippen molar-refractivity contribution >= 4 is 33.6 Å². The van der Waals surface area contributed by atoms with Gasteiger partial charge in [0.2, 0.25) is 15.9 Å². The summed E-state index contributed by atoms with van der Waals surface area (Å²) in [6.07, 6.45) is 6.37. The van der Waals surface area contributed by atoms with Crippen molar-refractivity contribution in [3.8, 4) is 0 Å². The van der Waals surface area contributed by atoms with Crippen molar-refractivity contribution in [2.75, 3.05) is 25.0 Å². The smallest absolute Gasteiger partial charge is 0.328 e. The molecule has 2 atom stereocenters. The molecular formula is C28H33N7O6S. The third kappa shape index (κ3) is 6.60. The zero-order valence-electron chi connectivity index (χ0n) is 22.9. The maximum atomic E-state index is 13.1. The fraction of sp³-hybridized carbons (Fsp3) is 0.393. The summed E-state index contributed by atoms with van der Waals surface area (Å²) in [4.78, 5) is 42.4. The molecule has 0 bridgehead atoms. The van der Waals surface area contributed by atoms with E-state index in [1.165, 1.54) is 23.9 Å². The average Bonchev–Trinajstić information content (AvgIpc) is 3.69. The van der Waals surface area contributed by atoms with Crippen molar-refractivity contribution in [3.05, 3.63) is 71.7 Å². The van der Waals surface area contributed by atoms with Gasteiger partial charge in [-0.3, -0.25) is 14.3 Å². The van der Waals surface area contributed by atoms with E-state index in [0.29, 0.717) is 19.4 Å². The Morgan fingerprint density at radius 2 is 1.93 bits per heavy atom. The van der Waals surface area contributed by atoms with Gasteiger partial charge in [-0.15, -0.1) is 0 Å². The van der Waals surface area contributed by atoms with E-state index >= 15 is 0 Å². The van der Waals surface area contributed by atoms with Crippen molar-refractivity contribution in [1.82, 2.24) is 29.7 Å². The minimum Gasteiger partial charge on any atom is -0.480 e. The lowest BCUT2D eigenvalue weighted by molar-refractivity contribution is -0.142. The third-order valence-corrected chi connectivity index (χ3v) is 9.30. The lowest BCUT2D eigenvalue weighted by Crippen LogP contribution is -2.54. The van der Waals surface area contributed by atoms with E-state index in [1.807, 2.05) is 6.07 Å². The number of sulfonamides is 1. The summed E-state index contributed by atoms with van der Waals surface area (Å²) in [6.45, 7) is 1.15. The molecule has 42 heavy (non-hydrogen) atoms. The molecule has 2 aliphatic rings. The molecule has 3 aromatic rings. The van der Waals surface area contributed by atoms with Crippen LogP contribution in [0.4, 0.5) is 5.82 Å². The van der Waals surface area contributed by atoms with Crippen LogP contribution in [0.2, 0.25) is 0 Å². The molecule has 2 amide bonds. The summed E-state index contributed by atoms with van der Waals surface area (Å²) in [5.74, 6) is -1.72. The topological polar surface area (TPSA) is 176 Å². The standard InChI is InChI=1S/C28H33N7O6S/c36-26(20-16-31-34(18-20)15-12-21-11-10-19-6-4-13-29-25(19)32-21)30-17-23(28(38)39)33-27(37)24-9-5-14-35(24)42(40,41)22-7-2-1-3-8-22/h1-3,7-8,10-11,16,18,23-24H,4-6,9,12-15,17H2,(H,29,32)(H,30,36)(H,33,37)(H,38,39)/t23-,24+/m1/s1. The summed E-state index contributed by atoms with van der Waals surface area (Å²) in [6, 6.07) is 9.33. The Morgan fingerprint density at radius 3 is 2.71 bits per heavy atom. The Morgan fingerprint density at radius 1 is 1.12 bits per heavy atom. The number of carboxylic acid groups (broad SMARTS) is 1. The predicted molar refractivity (Wildman–Crippen MR) is 152 cm³/mol. The number of nitrogens with zero attached hydrogens (tertiary/aromatic N) is 4. The largest absolute Gasteiger partial charge is 0.480 e. The highest BCUT2D eigenvalue weighted by molar-refractivity contribution is 7.89. The van der Waals surface area contributed by atoms with Gasteiger partial charge in [0.05, 0.1) is 16.7 Å². The number of hydrogen-bond acceptors (Lipinski definition) is 8. The van der Waals surface area contributed by atoms with Gasteiger partial charge in [-0.2, -0.15) is 9.40 Å². The number of hydrogen-bond donors (Lipinski definition) is 4. The molecule has 0 spiro atoms. The molecule has 2 aromatic heterocycles. The summed E-state index contributed by atoms with van der Waals surface area (Å²) in [5.41, 5.74) is 2.35. The van der Waals surface area contributed by atoms with Gasteiger partial charge in [0.15, 0.2) is 0 Å². The second kappa shape index (κ2) is 12.7. The number of pyridine rings is 1. The second-order valence-electron chi connectivity index (χ2n) is 10.3. The molecule has 222 valence electrons. The fourth-order valence-corrected chi connectivity index (χ4v) is 6.80. The van der Waals surface area contributed by atoms with Crippen LogP contribution in [0, 0.1) is 0 Å². The monoisotopic (exact) mass is 595 g/mol. The van der Waals surface area contributed by atoms with Crippen molar-refractivity contribution < 1.29 is 27.9 Å². The van der Waals surface area contributed by atoms with Gasteiger partial charge >= 0.3 is 5.97 Å². The number of aryl methyl sites for hydroxylation is 3. The lowest BCUT2D eigenvalue weighted by atomic mass is 10.1. The molecule has 2 aliphatic heterocycles. The van der Waals surface area contributed by atoms with Crippen LogP contribution in [-0.4, -0.2) is 82.1 Å². The molecule has 1 saturated heterocycles. The molecule has 0 radical (unpaired) electrons. The number of fused-ring (bicyclic) bond motifs is 1. The predicted octanol–water partition coefficient (Wildman–Crippen LogP) is 1.03. The van der Waals surface area contributed by atoms with Gasteiger partial charge in [-0.1, -0.05) is 24.3 Å². The van der Waals surface area contributed by atoms with Gasteiger partial charge < -0.3 is 21.1 Å². The molecule has 4 N–H and O–H groups in total. The number of aliphatic carboxylic acids is 1. The number of carbonyl (C=O) groups excluding carboxylic acids is 2. The van der Waals surface area contributed by atoms with E-state index in [2.05, 4.69) is 32.1 Å². The summed E-state index contributed by atoms with van der Waals surface area (Å²) in [7, 11) is -3.94. The van der Waals surface area contributed by atoms with Gasteiger partial charge in [0, 0.05) is 44.5 Å². The molecule has 0 saturated carbocycles. The van der Waals surface area contributed by atoms with Crippen molar-refractivity contribution in [3.63, 3.8) is 0 Å². The highest BCUT2D eigenvalue weighted by Gasteiger charge is 2.40. The van der Waals surface area contributed by atoms with E-state index in [-0.39, 0.29) is 23.4 Å². The van der Waals surface area contributed by atoms with Crippen LogP contribution in [-0.2, 0) is 39.0 Å². The number of aromatic nitrogens is 3. The van der Waals surface area contributed by atoms with Crippen molar-refractivity contribution in [1.29, 1.82) is 0 Å². The molecule has 0 aliphatic carbocycles. The van der Waals surface area contributed by atoms with E-state index < -0.39 is 46.4 Å². The fourth-order valence-electron chi connectivity index (χ4n) is 5.12. The normalized spacial score (nSPS) is 17.6. The first kappa shape index (κ1) is 29.2. The zero-order valence-corrected chi connectivity index (χ0v) is 23.7. The number of carboxylic acids is 1. The first-order valence-corrected chi connectivity index (χ1v) is 15.3. The SMILES string of the molecule is O=C(NC[C@@H](NC(=O)[C@@H]1CCCN1S(=O)(=O)c1ccccc1)C(=O)O)c1cnn(CCc2ccc3c(n2)NCCC3)c1. The molecule has 5 rings (SSSR count). The van der Waals surface area contributed by atoms with E-state index in [9.17, 15) is 27.9 Å². The van der Waals surface area contributed by atoms with Gasteiger partial charge in [-0.05, 0) is 49.4 Å². The van der Waals surface area contributed by atoms with Crippen LogP contribution in [0.15, 0.2) is 59.8 Å². The molecular weight excluding hydrogens is 562 g/mol. The Kier molecular flexibility index (Phi) is 8.83. The summed E-state index contributed by atoms with van der Waals surface area (Å²) in [5, 5.41) is 22.1. The minimum absolute atomic E-state index is 0.0586. The zero-order chi connectivity index (χ0) is 29.7. The third-order valence-electron chi connectivity index (χ3n) is 7.38. The number of nitrogens with one attached hydrogen (secondary N) is 3. The first-order valence-electron chi connectivity index (χ1n) is 13.9. The van der Waals surface area contributed by atoms with Crippen LogP contribution >= 0.6 is 0 Å². The molecule has 1 aromatic carbocycles. The molecule has 4 heterocycles. The molecule has 13 nitrogen and oxygen atoms in total. The maximum Gasteiger partial charge on any atom is 0.328 e. The van der Waals surface area contributed by atoms with E-state index in [0.717, 1.165) is 35.2 Å². The van der Waals surface area contributed by atoms with E-state index in [4.69, 9.17) is 0 Å². The quantitative estimate of drug-likeness (QED) is 0.252. The van der Waals surface area contributed by atoms with Crippen LogP contribution < -0.4 is 16.0 Å². The molecule has 1 fully saturated rings. The Balaban J connectivity index is 1.15. The average molecular weight is 596 g/mol. The number of benzene rings is 1. The van der Waals surface area contributed by atoms with Gasteiger partial charge in [0.25, 0.3) is 5.91 Å². The van der Waals surface area contributed by atoms with Gasteiger partial charge in [0.1, 0.15) is 17.9 Å².